The zero-order valence-electron chi connectivity index (χ0n) is 23.9. The van der Waals surface area contributed by atoms with Gasteiger partial charge in [0.05, 0.1) is 25.2 Å². The molecule has 0 fully saturated rings. The van der Waals surface area contributed by atoms with Gasteiger partial charge in [-0.25, -0.2) is 4.79 Å². The molecule has 1 unspecified atom stereocenters. The molecule has 0 spiro atoms. The molecule has 0 aliphatic carbocycles. The van der Waals surface area contributed by atoms with E-state index in [0.29, 0.717) is 13.0 Å². The molecule has 2 rings (SSSR count). The number of carbonyl (C=O) groups excluding carboxylic acids is 3. The van der Waals surface area contributed by atoms with Gasteiger partial charge in [-0.2, -0.15) is 0 Å². The van der Waals surface area contributed by atoms with Gasteiger partial charge in [-0.15, -0.1) is 0 Å². The summed E-state index contributed by atoms with van der Waals surface area (Å²) >= 11 is 0. The number of allylic oxidation sites excluding steroid dienone is 1. The summed E-state index contributed by atoms with van der Waals surface area (Å²) in [6.45, 7) is 5.86. The highest BCUT2D eigenvalue weighted by atomic mass is 16.6. The standard InChI is InChI=1S/C31H43N3O6/c1-31(2,3)40-30(38)33-20-12-19-26(29(37)32-4)34-28(36)25(18-11-17-23-13-7-5-8-14-23)27(35)22-39-21-24-15-9-6-10-16-24/h5-11,13-17,25-27,35H,12,18-22H2,1-4H3,(H,32,37)(H,33,38)(H,34,36)/b17-11+/t25?,26-,27-/m1/s1. The monoisotopic (exact) mass is 553 g/mol. The molecular formula is C31H43N3O6. The van der Waals surface area contributed by atoms with E-state index in [1.807, 2.05) is 72.8 Å². The molecule has 218 valence electrons. The van der Waals surface area contributed by atoms with Crippen LogP contribution in [0.4, 0.5) is 4.79 Å². The number of benzene rings is 2. The lowest BCUT2D eigenvalue weighted by atomic mass is 9.96. The average molecular weight is 554 g/mol. The van der Waals surface area contributed by atoms with E-state index in [4.69, 9.17) is 9.47 Å². The Bertz CT molecular complexity index is 1070. The number of rotatable bonds is 15. The highest BCUT2D eigenvalue weighted by Gasteiger charge is 2.29. The quantitative estimate of drug-likeness (QED) is 0.249. The number of likely N-dealkylation sites (N-methyl/N-ethyl adjacent to an activating group) is 1. The van der Waals surface area contributed by atoms with Gasteiger partial charge in [0.25, 0.3) is 0 Å². The number of amides is 3. The van der Waals surface area contributed by atoms with Crippen molar-refractivity contribution in [3.05, 3.63) is 77.9 Å². The van der Waals surface area contributed by atoms with E-state index in [0.717, 1.165) is 11.1 Å². The predicted octanol–water partition coefficient (Wildman–Crippen LogP) is 3.82. The van der Waals surface area contributed by atoms with Crippen molar-refractivity contribution in [2.45, 2.75) is 64.4 Å². The van der Waals surface area contributed by atoms with E-state index in [1.54, 1.807) is 20.8 Å². The van der Waals surface area contributed by atoms with Gasteiger partial charge in [-0.1, -0.05) is 72.8 Å². The Balaban J connectivity index is 2.02. The maximum absolute atomic E-state index is 13.4. The summed E-state index contributed by atoms with van der Waals surface area (Å²) in [6.07, 6.45) is 3.04. The molecule has 3 atom stereocenters. The minimum absolute atomic E-state index is 0.0450. The van der Waals surface area contributed by atoms with Gasteiger partial charge < -0.3 is 30.5 Å². The second-order valence-corrected chi connectivity index (χ2v) is 10.5. The SMILES string of the molecule is CNC(=O)[C@@H](CCCNC(=O)OC(C)(C)C)NC(=O)C(C/C=C/c1ccccc1)[C@H](O)COCc1ccccc1. The van der Waals surface area contributed by atoms with Crippen molar-refractivity contribution in [3.63, 3.8) is 0 Å². The number of aliphatic hydroxyl groups is 1. The zero-order valence-corrected chi connectivity index (χ0v) is 23.9. The van der Waals surface area contributed by atoms with E-state index >= 15 is 0 Å². The number of hydrogen-bond donors (Lipinski definition) is 4. The van der Waals surface area contributed by atoms with Crippen LogP contribution >= 0.6 is 0 Å². The van der Waals surface area contributed by atoms with E-state index in [9.17, 15) is 19.5 Å². The third kappa shape index (κ3) is 12.9. The van der Waals surface area contributed by atoms with Gasteiger partial charge in [-0.05, 0) is 51.2 Å². The summed E-state index contributed by atoms with van der Waals surface area (Å²) in [6, 6.07) is 18.4. The molecule has 0 aliphatic heterocycles. The molecule has 0 heterocycles. The zero-order chi connectivity index (χ0) is 29.4. The topological polar surface area (TPSA) is 126 Å². The predicted molar refractivity (Wildman–Crippen MR) is 155 cm³/mol. The average Bonchev–Trinajstić information content (AvgIpc) is 2.92. The molecular weight excluding hydrogens is 510 g/mol. The van der Waals surface area contributed by atoms with Gasteiger partial charge in [0.15, 0.2) is 0 Å². The molecule has 0 radical (unpaired) electrons. The Kier molecular flexibility index (Phi) is 13.9. The molecule has 0 aromatic heterocycles. The van der Waals surface area contributed by atoms with Crippen molar-refractivity contribution in [3.8, 4) is 0 Å². The Labute approximate surface area is 237 Å². The third-order valence-electron chi connectivity index (χ3n) is 5.92. The number of ether oxygens (including phenoxy) is 2. The Hall–Kier alpha value is -3.69. The molecule has 40 heavy (non-hydrogen) atoms. The molecule has 2 aromatic rings. The molecule has 0 aliphatic rings. The molecule has 4 N–H and O–H groups in total. The minimum atomic E-state index is -1.09. The van der Waals surface area contributed by atoms with E-state index in [2.05, 4.69) is 16.0 Å². The van der Waals surface area contributed by atoms with Crippen molar-refractivity contribution in [1.82, 2.24) is 16.0 Å². The number of nitrogens with one attached hydrogen (secondary N) is 3. The van der Waals surface area contributed by atoms with Gasteiger partial charge >= 0.3 is 6.09 Å². The Morgan fingerprint density at radius 3 is 2.25 bits per heavy atom. The normalized spacial score (nSPS) is 13.7. The summed E-state index contributed by atoms with van der Waals surface area (Å²) in [5, 5.41) is 19.0. The highest BCUT2D eigenvalue weighted by Crippen LogP contribution is 2.15. The number of carbonyl (C=O) groups is 3. The van der Waals surface area contributed by atoms with Gasteiger partial charge in [-0.3, -0.25) is 9.59 Å². The molecule has 0 saturated carbocycles. The van der Waals surface area contributed by atoms with Crippen molar-refractivity contribution < 1.29 is 29.0 Å². The van der Waals surface area contributed by atoms with Crippen LogP contribution in [0.15, 0.2) is 66.7 Å². The lowest BCUT2D eigenvalue weighted by Gasteiger charge is -2.25. The van der Waals surface area contributed by atoms with Crippen LogP contribution in [-0.2, 0) is 25.7 Å². The molecule has 0 bridgehead atoms. The van der Waals surface area contributed by atoms with Crippen molar-refractivity contribution in [2.75, 3.05) is 20.2 Å². The highest BCUT2D eigenvalue weighted by molar-refractivity contribution is 5.88. The van der Waals surface area contributed by atoms with Crippen LogP contribution in [-0.4, -0.2) is 61.0 Å². The van der Waals surface area contributed by atoms with Crippen LogP contribution in [0.3, 0.4) is 0 Å². The molecule has 3 amide bonds. The second kappa shape index (κ2) is 17.1. The summed E-state index contributed by atoms with van der Waals surface area (Å²) in [5.41, 5.74) is 1.31. The van der Waals surface area contributed by atoms with Crippen molar-refractivity contribution in [1.29, 1.82) is 0 Å². The van der Waals surface area contributed by atoms with Crippen molar-refractivity contribution in [2.24, 2.45) is 5.92 Å². The largest absolute Gasteiger partial charge is 0.444 e. The maximum Gasteiger partial charge on any atom is 0.407 e. The van der Waals surface area contributed by atoms with Crippen LogP contribution in [0, 0.1) is 5.92 Å². The van der Waals surface area contributed by atoms with Crippen LogP contribution in [0.2, 0.25) is 0 Å². The van der Waals surface area contributed by atoms with Crippen LogP contribution in [0.25, 0.3) is 6.08 Å². The third-order valence-corrected chi connectivity index (χ3v) is 5.92. The minimum Gasteiger partial charge on any atom is -0.444 e. The summed E-state index contributed by atoms with van der Waals surface area (Å²) in [4.78, 5) is 37.8. The van der Waals surface area contributed by atoms with Gasteiger partial charge in [0.2, 0.25) is 11.8 Å². The van der Waals surface area contributed by atoms with E-state index in [1.165, 1.54) is 7.05 Å². The van der Waals surface area contributed by atoms with Gasteiger partial charge in [0.1, 0.15) is 11.6 Å². The fraction of sp³-hybridized carbons (Fsp3) is 0.452. The number of hydrogen-bond acceptors (Lipinski definition) is 6. The maximum atomic E-state index is 13.4. The van der Waals surface area contributed by atoms with Gasteiger partial charge in [0, 0.05) is 13.6 Å². The first-order chi connectivity index (χ1) is 19.1. The number of aliphatic hydroxyl groups excluding tert-OH is 1. The van der Waals surface area contributed by atoms with Crippen LogP contribution < -0.4 is 16.0 Å². The first-order valence-electron chi connectivity index (χ1n) is 13.6. The Morgan fingerprint density at radius 1 is 0.975 bits per heavy atom. The fourth-order valence-corrected chi connectivity index (χ4v) is 3.87. The fourth-order valence-electron chi connectivity index (χ4n) is 3.87. The summed E-state index contributed by atoms with van der Waals surface area (Å²) in [5.74, 6) is -1.66. The van der Waals surface area contributed by atoms with Crippen LogP contribution in [0.5, 0.6) is 0 Å². The summed E-state index contributed by atoms with van der Waals surface area (Å²) in [7, 11) is 1.49. The first kappa shape index (κ1) is 32.5. The lowest BCUT2D eigenvalue weighted by molar-refractivity contribution is -0.134. The first-order valence-corrected chi connectivity index (χ1v) is 13.6. The van der Waals surface area contributed by atoms with E-state index in [-0.39, 0.29) is 31.9 Å². The van der Waals surface area contributed by atoms with E-state index < -0.39 is 35.7 Å². The summed E-state index contributed by atoms with van der Waals surface area (Å²) < 4.78 is 10.9. The Morgan fingerprint density at radius 2 is 1.62 bits per heavy atom. The number of alkyl carbamates (subject to hydrolysis) is 1. The van der Waals surface area contributed by atoms with Crippen molar-refractivity contribution >= 4 is 24.0 Å². The molecule has 9 nitrogen and oxygen atoms in total. The second-order valence-electron chi connectivity index (χ2n) is 10.5. The smallest absolute Gasteiger partial charge is 0.407 e. The molecule has 9 heteroatoms. The van der Waals surface area contributed by atoms with Crippen LogP contribution in [0.1, 0.15) is 51.2 Å². The molecule has 0 saturated heterocycles. The molecule has 2 aromatic carbocycles. The lowest BCUT2D eigenvalue weighted by Crippen LogP contribution is -2.50.